The van der Waals surface area contributed by atoms with Crippen LogP contribution in [0.4, 0.5) is 0 Å². The summed E-state index contributed by atoms with van der Waals surface area (Å²) in [4.78, 5) is 25.0. The van der Waals surface area contributed by atoms with E-state index in [4.69, 9.17) is 13.9 Å². The van der Waals surface area contributed by atoms with Crippen molar-refractivity contribution < 1.29 is 23.5 Å². The van der Waals surface area contributed by atoms with Crippen molar-refractivity contribution in [1.82, 2.24) is 5.32 Å². The zero-order valence-corrected chi connectivity index (χ0v) is 18.0. The standard InChI is InChI=1S/C23H22N2O5S/c1-3-28-18(26)14-31-22-16(13-24)19(17-11-8-12-30-17)20(23(27)29-4-2)21(25-22)15-9-6-5-7-10-15/h5-12,19,25H,3-4,14H2,1-2H3/t19-/m0/s1. The average molecular weight is 439 g/mol. The molecule has 1 aliphatic heterocycles. The number of thioether (sulfide) groups is 1. The molecule has 0 saturated heterocycles. The van der Waals surface area contributed by atoms with Gasteiger partial charge in [0.25, 0.3) is 0 Å². The molecule has 0 saturated carbocycles. The molecular formula is C23H22N2O5S. The van der Waals surface area contributed by atoms with E-state index in [-0.39, 0.29) is 30.1 Å². The van der Waals surface area contributed by atoms with E-state index in [1.807, 2.05) is 30.3 Å². The van der Waals surface area contributed by atoms with Crippen molar-refractivity contribution in [3.8, 4) is 6.07 Å². The van der Waals surface area contributed by atoms with E-state index in [9.17, 15) is 14.9 Å². The summed E-state index contributed by atoms with van der Waals surface area (Å²) in [5, 5.41) is 13.7. The zero-order chi connectivity index (χ0) is 22.2. The van der Waals surface area contributed by atoms with Crippen molar-refractivity contribution in [3.05, 3.63) is 76.2 Å². The second kappa shape index (κ2) is 10.5. The first-order valence-corrected chi connectivity index (χ1v) is 10.8. The molecule has 0 amide bonds. The average Bonchev–Trinajstić information content (AvgIpc) is 3.32. The lowest BCUT2D eigenvalue weighted by molar-refractivity contribution is -0.140. The monoisotopic (exact) mass is 438 g/mol. The summed E-state index contributed by atoms with van der Waals surface area (Å²) >= 11 is 1.15. The van der Waals surface area contributed by atoms with Gasteiger partial charge in [-0.1, -0.05) is 42.1 Å². The Morgan fingerprint density at radius 3 is 2.48 bits per heavy atom. The van der Waals surface area contributed by atoms with Gasteiger partial charge in [-0.3, -0.25) is 4.79 Å². The largest absolute Gasteiger partial charge is 0.468 e. The van der Waals surface area contributed by atoms with Crippen molar-refractivity contribution >= 4 is 29.4 Å². The summed E-state index contributed by atoms with van der Waals surface area (Å²) in [7, 11) is 0. The number of carbonyl (C=O) groups excluding carboxylic acids is 2. The summed E-state index contributed by atoms with van der Waals surface area (Å²) in [6.45, 7) is 3.91. The van der Waals surface area contributed by atoms with Gasteiger partial charge in [-0.05, 0) is 31.5 Å². The van der Waals surface area contributed by atoms with Crippen molar-refractivity contribution in [1.29, 1.82) is 5.26 Å². The number of furan rings is 1. The fourth-order valence-corrected chi connectivity index (χ4v) is 4.07. The van der Waals surface area contributed by atoms with E-state index in [0.29, 0.717) is 16.5 Å². The second-order valence-corrected chi connectivity index (χ2v) is 7.38. The van der Waals surface area contributed by atoms with Crippen LogP contribution >= 0.6 is 11.8 Å². The number of nitrogens with zero attached hydrogens (tertiary/aromatic N) is 1. The van der Waals surface area contributed by atoms with Crippen molar-refractivity contribution in [3.63, 3.8) is 0 Å². The minimum atomic E-state index is -0.778. The third kappa shape index (κ3) is 5.01. The predicted molar refractivity (Wildman–Crippen MR) is 116 cm³/mol. The van der Waals surface area contributed by atoms with Gasteiger partial charge < -0.3 is 19.2 Å². The molecule has 0 aliphatic carbocycles. The van der Waals surface area contributed by atoms with Crippen molar-refractivity contribution in [2.24, 2.45) is 0 Å². The number of ether oxygens (including phenoxy) is 2. The number of dihydropyridines is 1. The highest BCUT2D eigenvalue weighted by atomic mass is 32.2. The number of allylic oxidation sites excluding steroid dienone is 1. The van der Waals surface area contributed by atoms with Crippen molar-refractivity contribution in [2.45, 2.75) is 19.8 Å². The quantitative estimate of drug-likeness (QED) is 0.618. The maximum absolute atomic E-state index is 13.0. The first-order chi connectivity index (χ1) is 15.1. The number of esters is 2. The summed E-state index contributed by atoms with van der Waals surface area (Å²) < 4.78 is 15.9. The number of hydrogen-bond acceptors (Lipinski definition) is 8. The molecule has 1 aliphatic rings. The Morgan fingerprint density at radius 1 is 1.13 bits per heavy atom. The number of hydrogen-bond donors (Lipinski definition) is 1. The molecule has 3 rings (SSSR count). The van der Waals surface area contributed by atoms with Gasteiger partial charge in [-0.2, -0.15) is 5.26 Å². The number of benzene rings is 1. The third-order valence-corrected chi connectivity index (χ3v) is 5.47. The maximum Gasteiger partial charge on any atom is 0.337 e. The Balaban J connectivity index is 2.15. The van der Waals surface area contributed by atoms with Gasteiger partial charge in [0.15, 0.2) is 0 Å². The Labute approximate surface area is 184 Å². The highest BCUT2D eigenvalue weighted by Gasteiger charge is 2.38. The predicted octanol–water partition coefficient (Wildman–Crippen LogP) is 3.97. The highest BCUT2D eigenvalue weighted by Crippen LogP contribution is 2.43. The lowest BCUT2D eigenvalue weighted by Crippen LogP contribution is -2.29. The SMILES string of the molecule is CCOC(=O)CSC1=C(C#N)[C@@H](c2ccco2)C(C(=O)OCC)=C(c2ccccc2)N1. The zero-order valence-electron chi connectivity index (χ0n) is 17.2. The molecule has 1 N–H and O–H groups in total. The van der Waals surface area contributed by atoms with E-state index in [1.54, 1.807) is 26.0 Å². The fraction of sp³-hybridized carbons (Fsp3) is 0.261. The summed E-state index contributed by atoms with van der Waals surface area (Å²) in [6.07, 6.45) is 1.49. The normalized spacial score (nSPS) is 15.8. The first-order valence-electron chi connectivity index (χ1n) is 9.80. The molecular weight excluding hydrogens is 416 g/mol. The topological polar surface area (TPSA) is 102 Å². The van der Waals surface area contributed by atoms with E-state index < -0.39 is 17.9 Å². The Kier molecular flexibility index (Phi) is 7.57. The number of rotatable bonds is 8. The van der Waals surface area contributed by atoms with Crippen LogP contribution in [-0.2, 0) is 19.1 Å². The van der Waals surface area contributed by atoms with Gasteiger partial charge in [0.05, 0.1) is 59.1 Å². The smallest absolute Gasteiger partial charge is 0.337 e. The number of carbonyl (C=O) groups is 2. The first kappa shape index (κ1) is 22.2. The van der Waals surface area contributed by atoms with Crippen LogP contribution in [0.15, 0.2) is 69.3 Å². The minimum Gasteiger partial charge on any atom is -0.468 e. The van der Waals surface area contributed by atoms with Gasteiger partial charge in [0.1, 0.15) is 5.76 Å². The molecule has 1 aromatic heterocycles. The maximum atomic E-state index is 13.0. The molecule has 0 bridgehead atoms. The third-order valence-electron chi connectivity index (χ3n) is 4.48. The van der Waals surface area contributed by atoms with E-state index in [0.717, 1.165) is 17.3 Å². The van der Waals surface area contributed by atoms with Crippen LogP contribution in [0.3, 0.4) is 0 Å². The van der Waals surface area contributed by atoms with Crippen LogP contribution < -0.4 is 5.32 Å². The minimum absolute atomic E-state index is 0.0169. The molecule has 7 nitrogen and oxygen atoms in total. The van der Waals surface area contributed by atoms with Gasteiger partial charge in [-0.15, -0.1) is 0 Å². The molecule has 31 heavy (non-hydrogen) atoms. The fourth-order valence-electron chi connectivity index (χ4n) is 3.23. The lowest BCUT2D eigenvalue weighted by Gasteiger charge is -2.29. The summed E-state index contributed by atoms with van der Waals surface area (Å²) in [6, 6.07) is 14.9. The van der Waals surface area contributed by atoms with Gasteiger partial charge in [0, 0.05) is 0 Å². The Bertz CT molecular complexity index is 1040. The summed E-state index contributed by atoms with van der Waals surface area (Å²) in [5.41, 5.74) is 1.80. The molecule has 8 heteroatoms. The molecule has 0 unspecified atom stereocenters. The molecule has 2 aromatic rings. The molecule has 0 radical (unpaired) electrons. The van der Waals surface area contributed by atoms with Gasteiger partial charge in [-0.25, -0.2) is 4.79 Å². The number of nitrogens with one attached hydrogen (secondary N) is 1. The molecule has 0 spiro atoms. The second-order valence-electron chi connectivity index (χ2n) is 6.40. The van der Waals surface area contributed by atoms with Crippen LogP contribution in [0.1, 0.15) is 31.1 Å². The van der Waals surface area contributed by atoms with Crippen LogP contribution in [0.2, 0.25) is 0 Å². The van der Waals surface area contributed by atoms with E-state index in [1.165, 1.54) is 6.26 Å². The van der Waals surface area contributed by atoms with Crippen LogP contribution in [0.5, 0.6) is 0 Å². The molecule has 1 aromatic carbocycles. The highest BCUT2D eigenvalue weighted by molar-refractivity contribution is 8.03. The molecule has 1 atom stereocenters. The molecule has 0 fully saturated rings. The van der Waals surface area contributed by atoms with Crippen LogP contribution in [0.25, 0.3) is 5.70 Å². The van der Waals surface area contributed by atoms with Crippen LogP contribution in [-0.4, -0.2) is 30.9 Å². The summed E-state index contributed by atoms with van der Waals surface area (Å²) in [5.74, 6) is -1.26. The van der Waals surface area contributed by atoms with E-state index >= 15 is 0 Å². The molecule has 2 heterocycles. The Hall–Kier alpha value is -3.44. The van der Waals surface area contributed by atoms with Crippen LogP contribution in [0, 0.1) is 11.3 Å². The molecule has 160 valence electrons. The van der Waals surface area contributed by atoms with Gasteiger partial charge in [0.2, 0.25) is 0 Å². The van der Waals surface area contributed by atoms with E-state index in [2.05, 4.69) is 11.4 Å². The lowest BCUT2D eigenvalue weighted by atomic mass is 9.84. The van der Waals surface area contributed by atoms with Gasteiger partial charge >= 0.3 is 11.9 Å². The Morgan fingerprint density at radius 2 is 1.87 bits per heavy atom. The van der Waals surface area contributed by atoms with Crippen molar-refractivity contribution in [2.75, 3.05) is 19.0 Å². The number of nitriles is 1.